The second-order valence-electron chi connectivity index (χ2n) is 25.3. The molecule has 0 bridgehead atoms. The van der Waals surface area contributed by atoms with Crippen molar-refractivity contribution >= 4 is 58.9 Å². The smallest absolute Gasteiger partial charge is 0.331 e. The summed E-state index contributed by atoms with van der Waals surface area (Å²) < 4.78 is 5.70. The van der Waals surface area contributed by atoms with Gasteiger partial charge in [-0.25, -0.2) is 9.59 Å². The van der Waals surface area contributed by atoms with Crippen LogP contribution in [-0.4, -0.2) is 123 Å². The third kappa shape index (κ3) is 18.4. The maximum Gasteiger partial charge on any atom is 0.331 e. The molecule has 0 saturated carbocycles. The number of H-pyrrole nitrogens is 1. The van der Waals surface area contributed by atoms with Crippen LogP contribution < -0.4 is 31.9 Å². The Morgan fingerprint density at radius 1 is 0.764 bits per heavy atom. The summed E-state index contributed by atoms with van der Waals surface area (Å²) in [5, 5.41) is 32.7. The van der Waals surface area contributed by atoms with Gasteiger partial charge in [-0.05, 0) is 77.9 Å². The highest BCUT2D eigenvalue weighted by atomic mass is 16.5. The first-order valence-corrected chi connectivity index (χ1v) is 30.3. The zero-order valence-corrected chi connectivity index (χ0v) is 53.3. The Labute approximate surface area is 521 Å². The molecule has 1 aliphatic rings. The number of urea groups is 1. The van der Waals surface area contributed by atoms with Crippen LogP contribution in [0.2, 0.25) is 0 Å². The number of carboxylic acid groups (broad SMARTS) is 1. The molecule has 21 nitrogen and oxygen atoms in total. The van der Waals surface area contributed by atoms with Gasteiger partial charge in [0.05, 0.1) is 36.8 Å². The van der Waals surface area contributed by atoms with Crippen molar-refractivity contribution in [3.63, 3.8) is 0 Å². The van der Waals surface area contributed by atoms with E-state index in [2.05, 4.69) is 36.7 Å². The second kappa shape index (κ2) is 30.9. The molecule has 0 aliphatic carbocycles. The third-order valence-corrected chi connectivity index (χ3v) is 16.5. The summed E-state index contributed by atoms with van der Waals surface area (Å²) in [6.45, 7) is 18.6. The first-order chi connectivity index (χ1) is 42.0. The quantitative estimate of drug-likeness (QED) is 0.0136. The number of ether oxygens (including phenoxy) is 1. The summed E-state index contributed by atoms with van der Waals surface area (Å²) in [7, 11) is 3.27. The molecule has 21 heteroatoms. The van der Waals surface area contributed by atoms with Gasteiger partial charge >= 0.3 is 18.0 Å². The molecular weight excluding hydrogens is 1130 g/mol. The standard InChI is InChI=1S/C68H88N10O11/c1-40(2)51(37-48(79)30-31-56(81)78-38-46-20-13-14-22-49(46)58-59(75-76-74-58)50-23-15-16-25-53(50)78)62(83)72-52(24-18-32-71-66(69)88)55(80)35-43-26-28-44(29-27-43)39-89-57(82)36-45-19-17-21-47(34-45)68(9,10)60(70-11)63(84)73-61(67(6,7)8)64(85)77(12)54(41(3)4)33-42(5)65(86)87/h13-17,19-23,25-29,33-34,40-41,51-52,54,60-61,70H,18,24,30-32,35-39H2,1-12H3,(H,72,83)(H,73,84)(H,86,87)(H3,69,71,88)(H,74,75,76)/b42-33+/t51-,52-,54+,60+,61?/m0/s1. The van der Waals surface area contributed by atoms with E-state index in [4.69, 9.17) is 10.5 Å². The number of ketones is 2. The van der Waals surface area contributed by atoms with Crippen molar-refractivity contribution in [1.29, 1.82) is 0 Å². The summed E-state index contributed by atoms with van der Waals surface area (Å²) in [5.41, 5.74) is 10.8. The number of rotatable bonds is 29. The Balaban J connectivity index is 1.04. The van der Waals surface area contributed by atoms with Gasteiger partial charge in [-0.2, -0.15) is 15.4 Å². The summed E-state index contributed by atoms with van der Waals surface area (Å²) in [5.74, 6) is -4.96. The number of carbonyl (C=O) groups excluding carboxylic acids is 8. The number of fused-ring (bicyclic) bond motifs is 5. The Hall–Kier alpha value is -8.85. The van der Waals surface area contributed by atoms with Gasteiger partial charge < -0.3 is 46.6 Å². The summed E-state index contributed by atoms with van der Waals surface area (Å²) in [4.78, 5) is 124. The Morgan fingerprint density at radius 2 is 1.40 bits per heavy atom. The predicted octanol–water partition coefficient (Wildman–Crippen LogP) is 7.94. The maximum absolute atomic E-state index is 14.3. The topological polar surface area (TPSA) is 305 Å². The van der Waals surface area contributed by atoms with Crippen molar-refractivity contribution in [1.82, 2.24) is 41.6 Å². The Morgan fingerprint density at radius 3 is 2.03 bits per heavy atom. The fourth-order valence-electron chi connectivity index (χ4n) is 11.2. The number of Topliss-reactive ketones (excluding diaryl/α,β-unsaturated/α-hetero) is 2. The van der Waals surface area contributed by atoms with Gasteiger partial charge in [0.1, 0.15) is 29.8 Å². The molecule has 5 atom stereocenters. The monoisotopic (exact) mass is 1220 g/mol. The third-order valence-electron chi connectivity index (χ3n) is 16.5. The first kappa shape index (κ1) is 69.3. The number of carboxylic acids is 1. The minimum Gasteiger partial charge on any atom is -0.478 e. The molecule has 0 radical (unpaired) electrons. The number of amides is 6. The van der Waals surface area contributed by atoms with Gasteiger partial charge in [-0.1, -0.05) is 159 Å². The highest BCUT2D eigenvalue weighted by Gasteiger charge is 2.42. The van der Waals surface area contributed by atoms with Crippen LogP contribution in [0.3, 0.4) is 0 Å². The lowest BCUT2D eigenvalue weighted by atomic mass is 9.76. The number of primary amides is 1. The van der Waals surface area contributed by atoms with E-state index in [1.165, 1.54) is 11.8 Å². The summed E-state index contributed by atoms with van der Waals surface area (Å²) in [6, 6.07) is 25.3. The predicted molar refractivity (Wildman–Crippen MR) is 340 cm³/mol. The average molecular weight is 1220 g/mol. The van der Waals surface area contributed by atoms with Crippen LogP contribution in [0.4, 0.5) is 10.5 Å². The highest BCUT2D eigenvalue weighted by molar-refractivity contribution is 6.02. The molecule has 89 heavy (non-hydrogen) atoms. The normalized spacial score (nSPS) is 14.1. The van der Waals surface area contributed by atoms with Crippen LogP contribution >= 0.6 is 0 Å². The lowest BCUT2D eigenvalue weighted by Crippen LogP contribution is -2.61. The van der Waals surface area contributed by atoms with Crippen LogP contribution in [0.1, 0.15) is 129 Å². The number of esters is 1. The molecule has 1 unspecified atom stereocenters. The first-order valence-electron chi connectivity index (χ1n) is 30.3. The van der Waals surface area contributed by atoms with E-state index in [1.807, 2.05) is 123 Å². The van der Waals surface area contributed by atoms with E-state index in [9.17, 15) is 48.3 Å². The maximum atomic E-state index is 14.3. The Kier molecular flexibility index (Phi) is 24.0. The van der Waals surface area contributed by atoms with Gasteiger partial charge in [-0.3, -0.25) is 33.6 Å². The number of carbonyl (C=O) groups is 9. The van der Waals surface area contributed by atoms with Gasteiger partial charge in [-0.15, -0.1) is 0 Å². The number of aromatic amines is 1. The molecule has 0 fully saturated rings. The van der Waals surface area contributed by atoms with E-state index in [0.717, 1.165) is 16.7 Å². The average Bonchev–Trinajstić information content (AvgIpc) is 1.84. The van der Waals surface area contributed by atoms with E-state index in [0.29, 0.717) is 45.7 Å². The zero-order chi connectivity index (χ0) is 65.5. The van der Waals surface area contributed by atoms with Crippen molar-refractivity contribution in [2.75, 3.05) is 25.5 Å². The van der Waals surface area contributed by atoms with Gasteiger partial charge in [0, 0.05) is 67.3 Å². The highest BCUT2D eigenvalue weighted by Crippen LogP contribution is 2.40. The zero-order valence-electron chi connectivity index (χ0n) is 53.3. The van der Waals surface area contributed by atoms with Crippen LogP contribution in [0, 0.1) is 23.2 Å². The minimum absolute atomic E-state index is 0.0587. The van der Waals surface area contributed by atoms with Crippen molar-refractivity contribution in [3.8, 4) is 22.5 Å². The van der Waals surface area contributed by atoms with Crippen LogP contribution in [-0.2, 0) is 74.5 Å². The number of anilines is 1. The molecule has 6 amide bonds. The number of nitrogens with zero attached hydrogens (tertiary/aromatic N) is 4. The number of aromatic nitrogens is 3. The number of hydrogen-bond donors (Lipinski definition) is 7. The van der Waals surface area contributed by atoms with Crippen molar-refractivity contribution < 1.29 is 53.0 Å². The number of likely N-dealkylation sites (N-methyl/N-ethyl adjacent to an activating group) is 2. The molecule has 4 aromatic carbocycles. The summed E-state index contributed by atoms with van der Waals surface area (Å²) >= 11 is 0. The summed E-state index contributed by atoms with van der Waals surface area (Å²) in [6.07, 6.45) is 1.53. The van der Waals surface area contributed by atoms with Gasteiger partial charge in [0.25, 0.3) is 0 Å². The Bertz CT molecular complexity index is 3400. The fourth-order valence-corrected chi connectivity index (χ4v) is 11.2. The van der Waals surface area contributed by atoms with Crippen LogP contribution in [0.15, 0.2) is 109 Å². The SMILES string of the molecule is CN[C@H](C(=O)NC(C(=O)N(C)[C@H](/C=C(\C)C(=O)O)C(C)C)C(C)(C)C)C(C)(C)c1cccc(CC(=O)OCc2ccc(CC(=O)[C@H](CCCNC(N)=O)NC(=O)[C@@H](CC(=O)CCC(=O)N3Cc4ccccc4-c4n[nH]nc4-c4ccccc43)C(C)C)cc2)c1. The number of para-hydroxylation sites is 1. The lowest BCUT2D eigenvalue weighted by molar-refractivity contribution is -0.144. The molecule has 0 saturated heterocycles. The van der Waals surface area contributed by atoms with E-state index >= 15 is 0 Å². The van der Waals surface area contributed by atoms with E-state index in [1.54, 1.807) is 61.5 Å². The van der Waals surface area contributed by atoms with E-state index < -0.39 is 70.7 Å². The largest absolute Gasteiger partial charge is 0.478 e. The fraction of sp³-hybridized carbons (Fsp3) is 0.456. The van der Waals surface area contributed by atoms with Gasteiger partial charge in [0.2, 0.25) is 23.6 Å². The van der Waals surface area contributed by atoms with Crippen LogP contribution in [0.5, 0.6) is 0 Å². The second-order valence-corrected chi connectivity index (χ2v) is 25.3. The lowest BCUT2D eigenvalue weighted by Gasteiger charge is -2.40. The number of nitrogens with one attached hydrogen (secondary N) is 5. The molecule has 1 aliphatic heterocycles. The molecule has 1 aromatic heterocycles. The number of aliphatic carboxylic acids is 1. The molecule has 2 heterocycles. The number of benzene rings is 4. The van der Waals surface area contributed by atoms with E-state index in [-0.39, 0.29) is 99.0 Å². The number of hydrogen-bond acceptors (Lipinski definition) is 13. The molecular formula is C68H88N10O11. The molecule has 476 valence electrons. The van der Waals surface area contributed by atoms with Crippen molar-refractivity contribution in [2.24, 2.45) is 28.9 Å². The molecule has 6 rings (SSSR count). The van der Waals surface area contributed by atoms with Crippen molar-refractivity contribution in [3.05, 3.63) is 137 Å². The molecule has 8 N–H and O–H groups in total. The molecule has 5 aromatic rings. The van der Waals surface area contributed by atoms with Crippen LogP contribution in [0.25, 0.3) is 22.5 Å². The molecule has 0 spiro atoms. The van der Waals surface area contributed by atoms with Gasteiger partial charge in [0.15, 0.2) is 5.78 Å². The number of nitrogens with two attached hydrogens (primary N) is 1. The minimum atomic E-state index is -1.08. The van der Waals surface area contributed by atoms with Crippen molar-refractivity contribution in [2.45, 2.75) is 157 Å².